The molecule has 37 heavy (non-hydrogen) atoms. The van der Waals surface area contributed by atoms with Gasteiger partial charge in [0, 0.05) is 30.5 Å². The van der Waals surface area contributed by atoms with Crippen molar-refractivity contribution in [3.8, 4) is 23.0 Å². The molecule has 1 saturated carbocycles. The molecule has 3 aromatic carbocycles. The van der Waals surface area contributed by atoms with Gasteiger partial charge in [-0.1, -0.05) is 18.2 Å². The summed E-state index contributed by atoms with van der Waals surface area (Å²) in [6, 6.07) is 14.4. The van der Waals surface area contributed by atoms with Gasteiger partial charge in [-0.15, -0.1) is 0 Å². The van der Waals surface area contributed by atoms with E-state index in [9.17, 15) is 23.5 Å². The molecule has 1 N–H and O–H groups in total. The Morgan fingerprint density at radius 2 is 1.57 bits per heavy atom. The zero-order valence-electron chi connectivity index (χ0n) is 20.0. The maximum atomic E-state index is 15.0. The summed E-state index contributed by atoms with van der Waals surface area (Å²) in [6.07, 6.45) is 2.38. The lowest BCUT2D eigenvalue weighted by Crippen LogP contribution is -2.28. The average Bonchev–Trinajstić information content (AvgIpc) is 3.69. The number of benzene rings is 3. The fourth-order valence-corrected chi connectivity index (χ4v) is 4.39. The monoisotopic (exact) mass is 503 g/mol. The van der Waals surface area contributed by atoms with Crippen molar-refractivity contribution in [2.45, 2.75) is 25.7 Å². The molecule has 1 aliphatic carbocycles. The zero-order valence-corrected chi connectivity index (χ0v) is 20.0. The van der Waals surface area contributed by atoms with Crippen LogP contribution in [0.15, 0.2) is 66.9 Å². The van der Waals surface area contributed by atoms with E-state index in [2.05, 4.69) is 4.98 Å². The number of nitrogens with zero attached hydrogens (tertiary/aromatic N) is 1. The Labute approximate surface area is 211 Å². The molecule has 0 unspecified atom stereocenters. The Morgan fingerprint density at radius 3 is 2.22 bits per heavy atom. The molecule has 0 radical (unpaired) electrons. The fourth-order valence-electron chi connectivity index (χ4n) is 4.39. The topological polar surface area (TPSA) is 85.7 Å². The molecular weight excluding hydrogens is 480 g/mol. The van der Waals surface area contributed by atoms with Crippen molar-refractivity contribution in [1.29, 1.82) is 0 Å². The third-order valence-corrected chi connectivity index (χ3v) is 6.68. The summed E-state index contributed by atoms with van der Waals surface area (Å²) in [6.45, 7) is 0. The van der Waals surface area contributed by atoms with Crippen LogP contribution in [-0.4, -0.2) is 28.8 Å². The van der Waals surface area contributed by atoms with Crippen LogP contribution in [-0.2, 0) is 22.4 Å². The van der Waals surface area contributed by atoms with Gasteiger partial charge in [0.15, 0.2) is 34.6 Å². The zero-order chi connectivity index (χ0) is 26.2. The van der Waals surface area contributed by atoms with Crippen LogP contribution in [0.5, 0.6) is 23.0 Å². The second-order valence-electron chi connectivity index (χ2n) is 9.13. The number of carbonyl (C=O) groups is 2. The minimum absolute atomic E-state index is 0.0501. The number of halogens is 2. The van der Waals surface area contributed by atoms with Crippen LogP contribution in [0.4, 0.5) is 8.78 Å². The molecule has 6 nitrogen and oxygen atoms in total. The summed E-state index contributed by atoms with van der Waals surface area (Å²) in [7, 11) is 1.43. The van der Waals surface area contributed by atoms with Gasteiger partial charge in [0.2, 0.25) is 0 Å². The van der Waals surface area contributed by atoms with E-state index in [0.29, 0.717) is 34.9 Å². The van der Waals surface area contributed by atoms with Crippen molar-refractivity contribution in [2.24, 2.45) is 5.41 Å². The van der Waals surface area contributed by atoms with Gasteiger partial charge in [0.25, 0.3) is 0 Å². The summed E-state index contributed by atoms with van der Waals surface area (Å²) >= 11 is 0. The highest BCUT2D eigenvalue weighted by atomic mass is 19.1. The second-order valence-corrected chi connectivity index (χ2v) is 9.13. The molecule has 5 rings (SSSR count). The van der Waals surface area contributed by atoms with Crippen LogP contribution in [0.2, 0.25) is 0 Å². The van der Waals surface area contributed by atoms with Crippen molar-refractivity contribution < 1.29 is 33.0 Å². The number of rotatable bonds is 9. The number of aromatic nitrogens is 1. The molecule has 1 aliphatic rings. The lowest BCUT2D eigenvalue weighted by Gasteiger charge is -2.14. The molecular formula is C29H23F2NO5. The Kier molecular flexibility index (Phi) is 6.33. The van der Waals surface area contributed by atoms with Gasteiger partial charge in [-0.2, -0.15) is 0 Å². The average molecular weight is 504 g/mol. The van der Waals surface area contributed by atoms with Gasteiger partial charge < -0.3 is 14.6 Å². The van der Waals surface area contributed by atoms with E-state index >= 15 is 0 Å². The molecule has 0 saturated heterocycles. The molecule has 1 fully saturated rings. The first-order valence-corrected chi connectivity index (χ1v) is 11.7. The lowest BCUT2D eigenvalue weighted by atomic mass is 9.88. The molecule has 1 aromatic heterocycles. The normalized spacial score (nSPS) is 13.8. The molecule has 0 spiro atoms. The molecule has 4 aromatic rings. The van der Waals surface area contributed by atoms with E-state index in [1.165, 1.54) is 55.8 Å². The van der Waals surface area contributed by atoms with E-state index in [0.717, 1.165) is 0 Å². The number of phenols is 1. The van der Waals surface area contributed by atoms with Crippen molar-refractivity contribution in [2.75, 3.05) is 7.11 Å². The Balaban J connectivity index is 1.30. The van der Waals surface area contributed by atoms with E-state index < -0.39 is 17.0 Å². The molecule has 188 valence electrons. The summed E-state index contributed by atoms with van der Waals surface area (Å²) in [5.41, 5.74) is 0.514. The van der Waals surface area contributed by atoms with Crippen LogP contribution < -0.4 is 9.47 Å². The fraction of sp³-hybridized carbons (Fsp3) is 0.207. The third-order valence-electron chi connectivity index (χ3n) is 6.68. The van der Waals surface area contributed by atoms with Gasteiger partial charge in [0.1, 0.15) is 11.6 Å². The number of fused-ring (bicyclic) bond motifs is 1. The van der Waals surface area contributed by atoms with Crippen molar-refractivity contribution >= 4 is 22.5 Å². The van der Waals surface area contributed by atoms with E-state index in [1.54, 1.807) is 18.2 Å². The number of ether oxygens (including phenoxy) is 2. The summed E-state index contributed by atoms with van der Waals surface area (Å²) < 4.78 is 39.0. The van der Waals surface area contributed by atoms with Crippen molar-refractivity contribution in [3.63, 3.8) is 0 Å². The Morgan fingerprint density at radius 1 is 0.892 bits per heavy atom. The minimum atomic E-state index is -1.06. The number of carbonyl (C=O) groups excluding carboxylic acids is 2. The third kappa shape index (κ3) is 4.87. The molecule has 0 bridgehead atoms. The second kappa shape index (κ2) is 9.61. The van der Waals surface area contributed by atoms with Crippen molar-refractivity contribution in [1.82, 2.24) is 4.98 Å². The highest BCUT2D eigenvalue weighted by Gasteiger charge is 2.54. The Hall–Kier alpha value is -4.33. The van der Waals surface area contributed by atoms with Gasteiger partial charge in [0.05, 0.1) is 18.0 Å². The summed E-state index contributed by atoms with van der Waals surface area (Å²) in [5.74, 6) is -1.14. The standard InChI is InChI=1S/C29H23F2NO5/c1-36-26-16-22-20(15-23(26)33)24(8-11-32-22)37-25-7-4-18(12-21(25)31)14-28(35)29(9-10-29)27(34)13-17-2-5-19(30)6-3-17/h2-8,11-12,15-16,33H,9-10,13-14H2,1H3. The molecule has 1 heterocycles. The smallest absolute Gasteiger partial charge is 0.166 e. The maximum absolute atomic E-state index is 15.0. The number of ketones is 2. The highest BCUT2D eigenvalue weighted by Crippen LogP contribution is 2.49. The number of aromatic hydroxyl groups is 1. The number of phenolic OH excluding ortho intramolecular Hbond substituents is 1. The van der Waals surface area contributed by atoms with Gasteiger partial charge in [-0.05, 0) is 60.4 Å². The Bertz CT molecular complexity index is 1510. The van der Waals surface area contributed by atoms with Crippen LogP contribution in [0.3, 0.4) is 0 Å². The largest absolute Gasteiger partial charge is 0.504 e. The predicted octanol–water partition coefficient (Wildman–Crippen LogP) is 5.72. The maximum Gasteiger partial charge on any atom is 0.166 e. The molecule has 0 atom stereocenters. The molecule has 8 heteroatoms. The highest BCUT2D eigenvalue weighted by molar-refractivity contribution is 6.10. The van der Waals surface area contributed by atoms with Crippen LogP contribution in [0.25, 0.3) is 10.9 Å². The first-order chi connectivity index (χ1) is 17.8. The quantitative estimate of drug-likeness (QED) is 0.294. The minimum Gasteiger partial charge on any atom is -0.504 e. The predicted molar refractivity (Wildman–Crippen MR) is 132 cm³/mol. The number of methoxy groups -OCH3 is 1. The van der Waals surface area contributed by atoms with E-state index in [1.807, 2.05) is 0 Å². The van der Waals surface area contributed by atoms with E-state index in [4.69, 9.17) is 9.47 Å². The lowest BCUT2D eigenvalue weighted by molar-refractivity contribution is -0.133. The van der Waals surface area contributed by atoms with Gasteiger partial charge >= 0.3 is 0 Å². The molecule has 0 amide bonds. The van der Waals surface area contributed by atoms with Crippen LogP contribution in [0.1, 0.15) is 24.0 Å². The van der Waals surface area contributed by atoms with Gasteiger partial charge in [-0.25, -0.2) is 8.78 Å². The van der Waals surface area contributed by atoms with Crippen molar-refractivity contribution in [3.05, 3.63) is 89.6 Å². The first-order valence-electron chi connectivity index (χ1n) is 11.7. The van der Waals surface area contributed by atoms with Crippen LogP contribution >= 0.6 is 0 Å². The molecule has 0 aliphatic heterocycles. The van der Waals surface area contributed by atoms with E-state index in [-0.39, 0.29) is 47.4 Å². The summed E-state index contributed by atoms with van der Waals surface area (Å²) in [5, 5.41) is 10.6. The number of Topliss-reactive ketones (excluding diaryl/α,β-unsaturated/α-hetero) is 2. The number of pyridine rings is 1. The number of hydrogen-bond donors (Lipinski definition) is 1. The first kappa shape index (κ1) is 24.4. The summed E-state index contributed by atoms with van der Waals surface area (Å²) in [4.78, 5) is 30.1. The number of hydrogen-bond acceptors (Lipinski definition) is 6. The van der Waals surface area contributed by atoms with Crippen LogP contribution in [0, 0.1) is 17.0 Å². The van der Waals surface area contributed by atoms with Gasteiger partial charge in [-0.3, -0.25) is 14.6 Å². The SMILES string of the molecule is COc1cc2nccc(Oc3ccc(CC(=O)C4(C(=O)Cc5ccc(F)cc5)CC4)cc3F)c2cc1O.